The molecule has 0 aliphatic rings. The van der Waals surface area contributed by atoms with Crippen LogP contribution in [0.3, 0.4) is 0 Å². The molecule has 0 spiro atoms. The summed E-state index contributed by atoms with van der Waals surface area (Å²) in [7, 11) is 0. The average Bonchev–Trinajstić information content (AvgIpc) is 2.73. The van der Waals surface area contributed by atoms with E-state index in [0.29, 0.717) is 0 Å². The molecule has 0 aliphatic carbocycles. The van der Waals surface area contributed by atoms with Gasteiger partial charge in [-0.25, -0.2) is 0 Å². The van der Waals surface area contributed by atoms with E-state index < -0.39 is 0 Å². The van der Waals surface area contributed by atoms with Crippen LogP contribution in [0.5, 0.6) is 0 Å². The third-order valence-corrected chi connectivity index (χ3v) is 5.06. The number of benzene rings is 5. The summed E-state index contributed by atoms with van der Waals surface area (Å²) in [5, 5.41) is 5.21. The van der Waals surface area contributed by atoms with Gasteiger partial charge in [0, 0.05) is 36.9 Å². The van der Waals surface area contributed by atoms with Crippen molar-refractivity contribution in [1.29, 1.82) is 0 Å². The van der Waals surface area contributed by atoms with Crippen molar-refractivity contribution >= 4 is 21.5 Å². The van der Waals surface area contributed by atoms with Crippen LogP contribution >= 0.6 is 0 Å². The van der Waals surface area contributed by atoms with Gasteiger partial charge in [0.25, 0.3) is 0 Å². The molecule has 0 saturated carbocycles. The second-order valence-electron chi connectivity index (χ2n) is 6.57. The monoisotopic (exact) mass is 505 g/mol. The molecule has 0 aromatic heterocycles. The third-order valence-electron chi connectivity index (χ3n) is 5.06. The Morgan fingerprint density at radius 3 is 0.852 bits per heavy atom. The SMILES string of the molecule is [Lu].c1ccc(-c2c3ccccc3c(-c3ccccc3)c3ccccc23)cc1. The van der Waals surface area contributed by atoms with E-state index in [9.17, 15) is 0 Å². The second kappa shape index (κ2) is 7.84. The normalized spacial score (nSPS) is 10.7. The zero-order chi connectivity index (χ0) is 17.3. The summed E-state index contributed by atoms with van der Waals surface area (Å²) in [6.45, 7) is 0. The molecule has 0 unspecified atom stereocenters. The van der Waals surface area contributed by atoms with Crippen LogP contribution < -0.4 is 0 Å². The predicted molar refractivity (Wildman–Crippen MR) is 112 cm³/mol. The summed E-state index contributed by atoms with van der Waals surface area (Å²) in [4.78, 5) is 0. The number of hydrogen-bond acceptors (Lipinski definition) is 0. The van der Waals surface area contributed by atoms with Crippen LogP contribution in [0.15, 0.2) is 109 Å². The fraction of sp³-hybridized carbons (Fsp3) is 0. The molecule has 0 nitrogen and oxygen atoms in total. The van der Waals surface area contributed by atoms with Gasteiger partial charge in [0.05, 0.1) is 0 Å². The minimum absolute atomic E-state index is 0. The first-order valence-electron chi connectivity index (χ1n) is 8.98. The van der Waals surface area contributed by atoms with Crippen LogP contribution in [0.1, 0.15) is 0 Å². The summed E-state index contributed by atoms with van der Waals surface area (Å²) >= 11 is 0. The first-order valence-corrected chi connectivity index (χ1v) is 8.98. The summed E-state index contributed by atoms with van der Waals surface area (Å²) in [6.07, 6.45) is 0. The molecule has 0 saturated heterocycles. The minimum Gasteiger partial charge on any atom is -0.0622 e. The summed E-state index contributed by atoms with van der Waals surface area (Å²) in [5.41, 5.74) is 5.16. The Morgan fingerprint density at radius 1 is 0.296 bits per heavy atom. The number of hydrogen-bond donors (Lipinski definition) is 0. The topological polar surface area (TPSA) is 0 Å². The van der Waals surface area contributed by atoms with Crippen LogP contribution in [0.4, 0.5) is 0 Å². The average molecular weight is 505 g/mol. The van der Waals surface area contributed by atoms with Crippen molar-refractivity contribution in [2.75, 3.05) is 0 Å². The Kier molecular flexibility index (Phi) is 5.30. The van der Waals surface area contributed by atoms with Gasteiger partial charge in [-0.05, 0) is 43.8 Å². The maximum atomic E-state index is 2.25. The largest absolute Gasteiger partial charge is 0.0622 e. The smallest absolute Gasteiger partial charge is 0 e. The number of rotatable bonds is 2. The Labute approximate surface area is 188 Å². The molecule has 5 aromatic carbocycles. The molecule has 0 heterocycles. The van der Waals surface area contributed by atoms with E-state index >= 15 is 0 Å². The van der Waals surface area contributed by atoms with Gasteiger partial charge >= 0.3 is 0 Å². The molecule has 27 heavy (non-hydrogen) atoms. The minimum atomic E-state index is 0. The van der Waals surface area contributed by atoms with E-state index in [1.54, 1.807) is 0 Å². The Morgan fingerprint density at radius 2 is 0.556 bits per heavy atom. The maximum absolute atomic E-state index is 2.25. The first kappa shape index (κ1) is 18.2. The van der Waals surface area contributed by atoms with Crippen molar-refractivity contribution in [3.05, 3.63) is 109 Å². The van der Waals surface area contributed by atoms with Crippen LogP contribution in [0.2, 0.25) is 0 Å². The van der Waals surface area contributed by atoms with Gasteiger partial charge in [-0.3, -0.25) is 0 Å². The second-order valence-corrected chi connectivity index (χ2v) is 6.57. The molecule has 0 bridgehead atoms. The molecule has 0 atom stereocenters. The molecule has 0 amide bonds. The van der Waals surface area contributed by atoms with Crippen molar-refractivity contribution in [2.24, 2.45) is 0 Å². The predicted octanol–water partition coefficient (Wildman–Crippen LogP) is 7.33. The fourth-order valence-corrected chi connectivity index (χ4v) is 3.96. The molecule has 5 aromatic rings. The van der Waals surface area contributed by atoms with E-state index in [2.05, 4.69) is 109 Å². The van der Waals surface area contributed by atoms with Gasteiger partial charge in [0.15, 0.2) is 0 Å². The van der Waals surface area contributed by atoms with Crippen molar-refractivity contribution in [2.45, 2.75) is 0 Å². The van der Waals surface area contributed by atoms with Gasteiger partial charge in [-0.15, -0.1) is 0 Å². The van der Waals surface area contributed by atoms with Crippen LogP contribution in [-0.2, 0) is 0 Å². The standard InChI is InChI=1S/C26H18.Lu/c1-3-11-19(12-4-1)25-21-15-7-9-17-23(21)26(20-13-5-2-6-14-20)24-18-10-8-16-22(24)25;/h1-18H;. The third kappa shape index (κ3) is 3.18. The van der Waals surface area contributed by atoms with Crippen LogP contribution in [-0.4, -0.2) is 0 Å². The van der Waals surface area contributed by atoms with E-state index in [1.807, 2.05) is 0 Å². The van der Waals surface area contributed by atoms with E-state index in [4.69, 9.17) is 0 Å². The zero-order valence-corrected chi connectivity index (χ0v) is 16.3. The van der Waals surface area contributed by atoms with Crippen LogP contribution in [0.25, 0.3) is 43.8 Å². The Balaban J connectivity index is 0.00000180. The van der Waals surface area contributed by atoms with Crippen LogP contribution in [0, 0.1) is 36.9 Å². The zero-order valence-electron chi connectivity index (χ0n) is 14.7. The molecule has 5 rings (SSSR count). The summed E-state index contributed by atoms with van der Waals surface area (Å²) in [6, 6.07) is 39.0. The van der Waals surface area contributed by atoms with Crippen molar-refractivity contribution in [1.82, 2.24) is 0 Å². The fourth-order valence-electron chi connectivity index (χ4n) is 3.96. The summed E-state index contributed by atoms with van der Waals surface area (Å²) in [5.74, 6) is 0. The molecule has 1 radical (unpaired) electrons. The van der Waals surface area contributed by atoms with Gasteiger partial charge in [-0.1, -0.05) is 109 Å². The van der Waals surface area contributed by atoms with E-state index in [1.165, 1.54) is 43.8 Å². The quantitative estimate of drug-likeness (QED) is 0.221. The molecule has 0 fully saturated rings. The maximum Gasteiger partial charge on any atom is 0 e. The molecular weight excluding hydrogens is 487 g/mol. The number of fused-ring (bicyclic) bond motifs is 2. The Bertz CT molecular complexity index is 1050. The van der Waals surface area contributed by atoms with E-state index in [-0.39, 0.29) is 36.9 Å². The van der Waals surface area contributed by atoms with Gasteiger partial charge < -0.3 is 0 Å². The van der Waals surface area contributed by atoms with Gasteiger partial charge in [0.1, 0.15) is 0 Å². The van der Waals surface area contributed by atoms with Crippen molar-refractivity contribution < 1.29 is 36.9 Å². The van der Waals surface area contributed by atoms with Gasteiger partial charge in [-0.2, -0.15) is 0 Å². The van der Waals surface area contributed by atoms with Crippen molar-refractivity contribution in [3.63, 3.8) is 0 Å². The molecule has 1 heteroatoms. The molecular formula is C26H18Lu. The molecule has 0 N–H and O–H groups in total. The summed E-state index contributed by atoms with van der Waals surface area (Å²) < 4.78 is 0. The van der Waals surface area contributed by atoms with Gasteiger partial charge in [0.2, 0.25) is 0 Å². The molecule has 0 aliphatic heterocycles. The Hall–Kier alpha value is -2.15. The molecule has 137 valence electrons. The van der Waals surface area contributed by atoms with Crippen molar-refractivity contribution in [3.8, 4) is 22.3 Å². The first-order chi connectivity index (χ1) is 12.9. The van der Waals surface area contributed by atoms with E-state index in [0.717, 1.165) is 0 Å².